The number of nitrogens with two attached hydrogens (primary N) is 1. The SMILES string of the molecule is CCCCN.CCOCC(C)(C)OCCN1CCN(C)C1=NC. The van der Waals surface area contributed by atoms with Crippen molar-refractivity contribution in [1.29, 1.82) is 0 Å². The van der Waals surface area contributed by atoms with E-state index in [4.69, 9.17) is 15.2 Å². The van der Waals surface area contributed by atoms with Gasteiger partial charge < -0.3 is 25.0 Å². The van der Waals surface area contributed by atoms with Gasteiger partial charge in [0, 0.05) is 40.3 Å². The molecule has 0 bridgehead atoms. The molecule has 0 aromatic rings. The summed E-state index contributed by atoms with van der Waals surface area (Å²) >= 11 is 0. The van der Waals surface area contributed by atoms with Crippen molar-refractivity contribution in [2.75, 3.05) is 60.1 Å². The van der Waals surface area contributed by atoms with Crippen molar-refractivity contribution < 1.29 is 9.47 Å². The average Bonchev–Trinajstić information content (AvgIpc) is 2.86. The number of likely N-dealkylation sites (N-methyl/N-ethyl adjacent to an activating group) is 1. The van der Waals surface area contributed by atoms with Gasteiger partial charge in [0.25, 0.3) is 0 Å². The molecule has 0 aromatic heterocycles. The summed E-state index contributed by atoms with van der Waals surface area (Å²) in [4.78, 5) is 8.74. The molecule has 0 radical (unpaired) electrons. The molecule has 6 heteroatoms. The third-order valence-corrected chi connectivity index (χ3v) is 3.60. The van der Waals surface area contributed by atoms with Crippen LogP contribution in [0.2, 0.25) is 0 Å². The molecule has 1 rings (SSSR count). The van der Waals surface area contributed by atoms with Crippen molar-refractivity contribution >= 4 is 5.96 Å². The molecule has 1 aliphatic heterocycles. The van der Waals surface area contributed by atoms with Gasteiger partial charge in [0.05, 0.1) is 18.8 Å². The molecule has 6 nitrogen and oxygen atoms in total. The van der Waals surface area contributed by atoms with Crippen LogP contribution in [0.5, 0.6) is 0 Å². The number of aliphatic imine (C=N–C) groups is 1. The van der Waals surface area contributed by atoms with Crippen LogP contribution in [0.4, 0.5) is 0 Å². The Labute approximate surface area is 143 Å². The van der Waals surface area contributed by atoms with Gasteiger partial charge in [-0.25, -0.2) is 0 Å². The van der Waals surface area contributed by atoms with Crippen LogP contribution in [-0.2, 0) is 9.47 Å². The van der Waals surface area contributed by atoms with Crippen LogP contribution in [0.1, 0.15) is 40.5 Å². The lowest BCUT2D eigenvalue weighted by Gasteiger charge is -2.27. The van der Waals surface area contributed by atoms with Gasteiger partial charge in [-0.15, -0.1) is 0 Å². The fourth-order valence-electron chi connectivity index (χ4n) is 2.26. The molecule has 0 saturated carbocycles. The Balaban J connectivity index is 0.000000841. The van der Waals surface area contributed by atoms with Gasteiger partial charge in [0.15, 0.2) is 5.96 Å². The Morgan fingerprint density at radius 1 is 1.26 bits per heavy atom. The lowest BCUT2D eigenvalue weighted by Crippen LogP contribution is -2.37. The molecule has 1 heterocycles. The van der Waals surface area contributed by atoms with Crippen LogP contribution < -0.4 is 5.73 Å². The summed E-state index contributed by atoms with van der Waals surface area (Å²) in [7, 11) is 3.91. The van der Waals surface area contributed by atoms with Gasteiger partial charge in [-0.1, -0.05) is 13.3 Å². The minimum atomic E-state index is -0.217. The molecule has 23 heavy (non-hydrogen) atoms. The maximum absolute atomic E-state index is 5.88. The first-order valence-electron chi connectivity index (χ1n) is 8.76. The van der Waals surface area contributed by atoms with Crippen molar-refractivity contribution in [1.82, 2.24) is 9.80 Å². The second-order valence-corrected chi connectivity index (χ2v) is 6.32. The molecule has 0 unspecified atom stereocenters. The van der Waals surface area contributed by atoms with Crippen LogP contribution in [-0.4, -0.2) is 81.5 Å². The Morgan fingerprint density at radius 3 is 2.43 bits per heavy atom. The summed E-state index contributed by atoms with van der Waals surface area (Å²) in [5.41, 5.74) is 4.92. The molecule has 1 fully saturated rings. The number of ether oxygens (including phenoxy) is 2. The highest BCUT2D eigenvalue weighted by Crippen LogP contribution is 2.11. The van der Waals surface area contributed by atoms with Crippen molar-refractivity contribution in [3.05, 3.63) is 0 Å². The van der Waals surface area contributed by atoms with E-state index in [-0.39, 0.29) is 5.60 Å². The highest BCUT2D eigenvalue weighted by atomic mass is 16.5. The molecule has 0 aromatic carbocycles. The Morgan fingerprint density at radius 2 is 1.96 bits per heavy atom. The molecule has 1 saturated heterocycles. The first-order chi connectivity index (χ1) is 10.9. The minimum Gasteiger partial charge on any atom is -0.379 e. The van der Waals surface area contributed by atoms with Gasteiger partial charge in [-0.3, -0.25) is 4.99 Å². The monoisotopic (exact) mass is 330 g/mol. The van der Waals surface area contributed by atoms with Gasteiger partial charge >= 0.3 is 0 Å². The number of hydrogen-bond acceptors (Lipinski definition) is 4. The van der Waals surface area contributed by atoms with E-state index in [1.165, 1.54) is 12.8 Å². The number of hydrogen-bond donors (Lipinski definition) is 1. The lowest BCUT2D eigenvalue weighted by atomic mass is 10.1. The predicted molar refractivity (Wildman–Crippen MR) is 98.0 cm³/mol. The first kappa shape index (κ1) is 22.1. The topological polar surface area (TPSA) is 63.3 Å². The highest BCUT2D eigenvalue weighted by molar-refractivity contribution is 5.81. The van der Waals surface area contributed by atoms with Crippen LogP contribution >= 0.6 is 0 Å². The van der Waals surface area contributed by atoms with E-state index in [0.717, 1.165) is 38.7 Å². The van der Waals surface area contributed by atoms with E-state index < -0.39 is 0 Å². The number of unbranched alkanes of at least 4 members (excludes halogenated alkanes) is 1. The lowest BCUT2D eigenvalue weighted by molar-refractivity contribution is -0.0745. The van der Waals surface area contributed by atoms with E-state index in [1.54, 1.807) is 0 Å². The summed E-state index contributed by atoms with van der Waals surface area (Å²) in [6.07, 6.45) is 2.39. The summed E-state index contributed by atoms with van der Waals surface area (Å²) in [5, 5.41) is 0. The fraction of sp³-hybridized carbons (Fsp3) is 0.941. The Kier molecular flexibility index (Phi) is 12.1. The van der Waals surface area contributed by atoms with Gasteiger partial charge in [0.2, 0.25) is 0 Å². The van der Waals surface area contributed by atoms with Gasteiger partial charge in [-0.2, -0.15) is 0 Å². The average molecular weight is 331 g/mol. The molecule has 2 N–H and O–H groups in total. The van der Waals surface area contributed by atoms with Crippen LogP contribution in [0.15, 0.2) is 4.99 Å². The van der Waals surface area contributed by atoms with E-state index in [2.05, 4.69) is 42.6 Å². The number of nitrogens with zero attached hydrogens (tertiary/aromatic N) is 3. The second-order valence-electron chi connectivity index (χ2n) is 6.32. The zero-order valence-corrected chi connectivity index (χ0v) is 16.1. The highest BCUT2D eigenvalue weighted by Gasteiger charge is 2.24. The quantitative estimate of drug-likeness (QED) is 0.698. The molecule has 0 spiro atoms. The van der Waals surface area contributed by atoms with Crippen LogP contribution in [0.3, 0.4) is 0 Å². The Bertz CT molecular complexity index is 320. The molecule has 0 atom stereocenters. The van der Waals surface area contributed by atoms with Crippen molar-refractivity contribution in [2.24, 2.45) is 10.7 Å². The maximum atomic E-state index is 5.88. The summed E-state index contributed by atoms with van der Waals surface area (Å²) in [5.74, 6) is 1.06. The largest absolute Gasteiger partial charge is 0.379 e. The molecule has 0 amide bonds. The predicted octanol–water partition coefficient (Wildman–Crippen LogP) is 1.80. The fourth-order valence-corrected chi connectivity index (χ4v) is 2.26. The first-order valence-corrected chi connectivity index (χ1v) is 8.76. The van der Waals surface area contributed by atoms with E-state index in [1.807, 2.05) is 14.0 Å². The Hall–Kier alpha value is -0.850. The standard InChI is InChI=1S/C13H27N3O2.C4H11N/c1-6-17-11-13(2,3)18-10-9-16-8-7-15(5)12(16)14-4;1-2-3-4-5/h6-11H2,1-5H3;2-5H2,1H3. The third-order valence-electron chi connectivity index (χ3n) is 3.60. The summed E-state index contributed by atoms with van der Waals surface area (Å²) in [6, 6.07) is 0. The maximum Gasteiger partial charge on any atom is 0.196 e. The zero-order valence-electron chi connectivity index (χ0n) is 16.1. The molecule has 138 valence electrons. The molecular formula is C17H38N4O2. The summed E-state index contributed by atoms with van der Waals surface area (Å²) in [6.45, 7) is 14.1. The molecular weight excluding hydrogens is 292 g/mol. The van der Waals surface area contributed by atoms with Crippen molar-refractivity contribution in [3.63, 3.8) is 0 Å². The van der Waals surface area contributed by atoms with Gasteiger partial charge in [0.1, 0.15) is 0 Å². The number of rotatable bonds is 9. The van der Waals surface area contributed by atoms with Crippen LogP contribution in [0, 0.1) is 0 Å². The zero-order chi connectivity index (χ0) is 17.7. The van der Waals surface area contributed by atoms with E-state index in [0.29, 0.717) is 13.2 Å². The van der Waals surface area contributed by atoms with E-state index in [9.17, 15) is 0 Å². The normalized spacial score (nSPS) is 16.7. The smallest absolute Gasteiger partial charge is 0.196 e. The third kappa shape index (κ3) is 9.79. The summed E-state index contributed by atoms with van der Waals surface area (Å²) < 4.78 is 11.3. The van der Waals surface area contributed by atoms with Gasteiger partial charge in [-0.05, 0) is 33.7 Å². The molecule has 1 aliphatic rings. The van der Waals surface area contributed by atoms with E-state index >= 15 is 0 Å². The van der Waals surface area contributed by atoms with Crippen molar-refractivity contribution in [3.8, 4) is 0 Å². The van der Waals surface area contributed by atoms with Crippen LogP contribution in [0.25, 0.3) is 0 Å². The number of guanidine groups is 1. The van der Waals surface area contributed by atoms with Crippen molar-refractivity contribution in [2.45, 2.75) is 46.1 Å². The molecule has 0 aliphatic carbocycles. The minimum absolute atomic E-state index is 0.217. The second kappa shape index (κ2) is 12.6.